The van der Waals surface area contributed by atoms with Gasteiger partial charge in [0.1, 0.15) is 0 Å². The fraction of sp³-hybridized carbons (Fsp3) is 0.316. The average molecular weight is 355 g/mol. The van der Waals surface area contributed by atoms with Crippen LogP contribution in [0.3, 0.4) is 0 Å². The second-order valence-corrected chi connectivity index (χ2v) is 8.15. The molecule has 0 aliphatic carbocycles. The molecule has 5 nitrogen and oxygen atoms in total. The summed E-state index contributed by atoms with van der Waals surface area (Å²) in [7, 11) is -3.29. The highest BCUT2D eigenvalue weighted by molar-refractivity contribution is 7.88. The lowest BCUT2D eigenvalue weighted by atomic mass is 10.1. The molecule has 1 saturated heterocycles. The van der Waals surface area contributed by atoms with E-state index in [0.29, 0.717) is 38.3 Å². The zero-order chi connectivity index (χ0) is 17.7. The summed E-state index contributed by atoms with van der Waals surface area (Å²) in [5, 5.41) is 9.18. The van der Waals surface area contributed by atoms with E-state index in [1.54, 1.807) is 4.31 Å². The summed E-state index contributed by atoms with van der Waals surface area (Å²) >= 11 is 0. The second kappa shape index (κ2) is 7.79. The molecule has 0 atom stereocenters. The predicted molar refractivity (Wildman–Crippen MR) is 97.1 cm³/mol. The first-order chi connectivity index (χ1) is 12.1. The average Bonchev–Trinajstić information content (AvgIpc) is 2.63. The molecule has 0 spiro atoms. The van der Waals surface area contributed by atoms with Gasteiger partial charge in [0, 0.05) is 32.7 Å². The van der Waals surface area contributed by atoms with Crippen molar-refractivity contribution < 1.29 is 8.42 Å². The van der Waals surface area contributed by atoms with Crippen molar-refractivity contribution in [2.75, 3.05) is 26.2 Å². The van der Waals surface area contributed by atoms with Crippen LogP contribution in [0.15, 0.2) is 54.6 Å². The highest BCUT2D eigenvalue weighted by atomic mass is 32.2. The number of benzene rings is 2. The monoisotopic (exact) mass is 355 g/mol. The molecule has 0 amide bonds. The number of hydrogen-bond donors (Lipinski definition) is 0. The first kappa shape index (κ1) is 17.6. The molecule has 0 radical (unpaired) electrons. The molecule has 0 aromatic heterocycles. The Labute approximate surface area is 149 Å². The number of piperazine rings is 1. The zero-order valence-electron chi connectivity index (χ0n) is 14.0. The third-order valence-corrected chi connectivity index (χ3v) is 6.30. The molecule has 0 N–H and O–H groups in total. The van der Waals surface area contributed by atoms with E-state index >= 15 is 0 Å². The van der Waals surface area contributed by atoms with Crippen molar-refractivity contribution in [3.05, 3.63) is 71.3 Å². The summed E-state index contributed by atoms with van der Waals surface area (Å²) < 4.78 is 26.7. The minimum atomic E-state index is -3.29. The van der Waals surface area contributed by atoms with E-state index < -0.39 is 10.0 Å². The largest absolute Gasteiger partial charge is 0.296 e. The summed E-state index contributed by atoms with van der Waals surface area (Å²) in [6.45, 7) is 3.01. The quantitative estimate of drug-likeness (QED) is 0.825. The van der Waals surface area contributed by atoms with E-state index in [9.17, 15) is 13.7 Å². The van der Waals surface area contributed by atoms with E-state index in [-0.39, 0.29) is 5.75 Å². The van der Waals surface area contributed by atoms with Crippen molar-refractivity contribution in [2.45, 2.75) is 12.3 Å². The van der Waals surface area contributed by atoms with Crippen LogP contribution < -0.4 is 0 Å². The molecule has 25 heavy (non-hydrogen) atoms. The Morgan fingerprint density at radius 1 is 0.920 bits per heavy atom. The molecular formula is C19H21N3O2S. The van der Waals surface area contributed by atoms with Crippen LogP contribution in [-0.4, -0.2) is 43.8 Å². The molecule has 2 aromatic rings. The van der Waals surface area contributed by atoms with Crippen molar-refractivity contribution in [3.8, 4) is 6.07 Å². The molecule has 0 bridgehead atoms. The first-order valence-corrected chi connectivity index (χ1v) is 9.91. The van der Waals surface area contributed by atoms with Crippen LogP contribution in [-0.2, 0) is 22.3 Å². The highest BCUT2D eigenvalue weighted by Crippen LogP contribution is 2.16. The van der Waals surface area contributed by atoms with Crippen LogP contribution in [0.5, 0.6) is 0 Å². The smallest absolute Gasteiger partial charge is 0.218 e. The Morgan fingerprint density at radius 2 is 1.56 bits per heavy atom. The molecule has 1 fully saturated rings. The molecule has 3 rings (SSSR count). The van der Waals surface area contributed by atoms with Crippen molar-refractivity contribution in [1.29, 1.82) is 5.26 Å². The summed E-state index contributed by atoms with van der Waals surface area (Å²) in [4.78, 5) is 2.20. The van der Waals surface area contributed by atoms with Gasteiger partial charge in [0.2, 0.25) is 10.0 Å². The maximum Gasteiger partial charge on any atom is 0.218 e. The second-order valence-electron chi connectivity index (χ2n) is 6.19. The fourth-order valence-electron chi connectivity index (χ4n) is 3.05. The van der Waals surface area contributed by atoms with Crippen LogP contribution in [0.2, 0.25) is 0 Å². The molecule has 1 heterocycles. The Balaban J connectivity index is 1.59. The van der Waals surface area contributed by atoms with Crippen molar-refractivity contribution in [3.63, 3.8) is 0 Å². The molecule has 6 heteroatoms. The topological polar surface area (TPSA) is 64.4 Å². The predicted octanol–water partition coefficient (Wildman–Crippen LogP) is 2.21. The molecule has 0 unspecified atom stereocenters. The van der Waals surface area contributed by atoms with E-state index in [2.05, 4.69) is 11.0 Å². The van der Waals surface area contributed by atoms with Gasteiger partial charge in [-0.3, -0.25) is 4.90 Å². The number of nitriles is 1. The fourth-order valence-corrected chi connectivity index (χ4v) is 4.57. The normalized spacial score (nSPS) is 16.4. The Morgan fingerprint density at radius 3 is 2.24 bits per heavy atom. The third-order valence-electron chi connectivity index (χ3n) is 4.45. The standard InChI is InChI=1S/C19H21N3O2S/c20-14-18-8-4-5-9-19(18)15-21-10-12-22(13-11-21)25(23,24)16-17-6-2-1-3-7-17/h1-9H,10-13,15-16H2. The van der Waals surface area contributed by atoms with Gasteiger partial charge in [-0.25, -0.2) is 8.42 Å². The van der Waals surface area contributed by atoms with Gasteiger partial charge in [0.05, 0.1) is 17.4 Å². The molecule has 2 aromatic carbocycles. The molecule has 1 aliphatic heterocycles. The Bertz CT molecular complexity index is 852. The van der Waals surface area contributed by atoms with Crippen molar-refractivity contribution >= 4 is 10.0 Å². The van der Waals surface area contributed by atoms with Gasteiger partial charge in [0.25, 0.3) is 0 Å². The maximum atomic E-state index is 12.6. The van der Waals surface area contributed by atoms with Gasteiger partial charge in [-0.15, -0.1) is 0 Å². The lowest BCUT2D eigenvalue weighted by Crippen LogP contribution is -2.48. The molecule has 130 valence electrons. The van der Waals surface area contributed by atoms with Gasteiger partial charge in [-0.2, -0.15) is 9.57 Å². The van der Waals surface area contributed by atoms with Gasteiger partial charge in [-0.1, -0.05) is 48.5 Å². The minimum absolute atomic E-state index is 0.0467. The van der Waals surface area contributed by atoms with E-state index in [0.717, 1.165) is 11.1 Å². The summed E-state index contributed by atoms with van der Waals surface area (Å²) in [5.74, 6) is 0.0467. The Hall–Kier alpha value is -2.20. The Kier molecular flexibility index (Phi) is 5.49. The first-order valence-electron chi connectivity index (χ1n) is 8.30. The van der Waals surface area contributed by atoms with Crippen LogP contribution in [0.1, 0.15) is 16.7 Å². The van der Waals surface area contributed by atoms with Gasteiger partial charge < -0.3 is 0 Å². The van der Waals surface area contributed by atoms with E-state index in [1.165, 1.54) is 0 Å². The SMILES string of the molecule is N#Cc1ccccc1CN1CCN(S(=O)(=O)Cc2ccccc2)CC1. The van der Waals surface area contributed by atoms with Crippen LogP contribution in [0.25, 0.3) is 0 Å². The minimum Gasteiger partial charge on any atom is -0.296 e. The lowest BCUT2D eigenvalue weighted by Gasteiger charge is -2.34. The van der Waals surface area contributed by atoms with Gasteiger partial charge >= 0.3 is 0 Å². The van der Waals surface area contributed by atoms with Gasteiger partial charge in [0.15, 0.2) is 0 Å². The lowest BCUT2D eigenvalue weighted by molar-refractivity contribution is 0.181. The van der Waals surface area contributed by atoms with E-state index in [1.807, 2.05) is 54.6 Å². The van der Waals surface area contributed by atoms with Crippen LogP contribution in [0, 0.1) is 11.3 Å². The number of hydrogen-bond acceptors (Lipinski definition) is 4. The number of nitrogens with zero attached hydrogens (tertiary/aromatic N) is 3. The van der Waals surface area contributed by atoms with Crippen LogP contribution in [0.4, 0.5) is 0 Å². The van der Waals surface area contributed by atoms with Crippen LogP contribution >= 0.6 is 0 Å². The van der Waals surface area contributed by atoms with Gasteiger partial charge in [-0.05, 0) is 17.2 Å². The summed E-state index contributed by atoms with van der Waals surface area (Å²) in [6.07, 6.45) is 0. The molecular weight excluding hydrogens is 334 g/mol. The van der Waals surface area contributed by atoms with Crippen molar-refractivity contribution in [1.82, 2.24) is 9.21 Å². The summed E-state index contributed by atoms with van der Waals surface area (Å²) in [5.41, 5.74) is 2.49. The zero-order valence-corrected chi connectivity index (χ0v) is 14.8. The third kappa shape index (κ3) is 4.45. The van der Waals surface area contributed by atoms with E-state index in [4.69, 9.17) is 0 Å². The van der Waals surface area contributed by atoms with Crippen molar-refractivity contribution in [2.24, 2.45) is 0 Å². The molecule has 1 aliphatic rings. The molecule has 0 saturated carbocycles. The summed E-state index contributed by atoms with van der Waals surface area (Å²) in [6, 6.07) is 19.0. The number of rotatable bonds is 5. The maximum absolute atomic E-state index is 12.6. The highest BCUT2D eigenvalue weighted by Gasteiger charge is 2.27. The number of sulfonamides is 1.